The van der Waals surface area contributed by atoms with Gasteiger partial charge in [0.1, 0.15) is 0 Å². The van der Waals surface area contributed by atoms with Gasteiger partial charge in [0, 0.05) is 23.8 Å². The van der Waals surface area contributed by atoms with Gasteiger partial charge in [-0.25, -0.2) is 8.42 Å². The number of carbonyl (C=O) groups is 1. The Morgan fingerprint density at radius 2 is 1.62 bits per heavy atom. The van der Waals surface area contributed by atoms with E-state index in [1.807, 2.05) is 6.07 Å². The molecule has 0 unspecified atom stereocenters. The van der Waals surface area contributed by atoms with E-state index in [4.69, 9.17) is 0 Å². The van der Waals surface area contributed by atoms with Crippen LogP contribution in [0.4, 0.5) is 24.5 Å². The maximum Gasteiger partial charge on any atom is 0.416 e. The average Bonchev–Trinajstić information content (AvgIpc) is 2.84. The molecular weight excluding hydrogens is 503 g/mol. The first kappa shape index (κ1) is 26.7. The normalized spacial score (nSPS) is 15.4. The molecule has 1 aliphatic heterocycles. The number of likely N-dealkylation sites (tertiary alicyclic amines) is 1. The van der Waals surface area contributed by atoms with Gasteiger partial charge in [0.15, 0.2) is 0 Å². The van der Waals surface area contributed by atoms with Crippen molar-refractivity contribution in [2.45, 2.75) is 37.4 Å². The van der Waals surface area contributed by atoms with Crippen molar-refractivity contribution in [1.29, 1.82) is 0 Å². The fourth-order valence-corrected chi connectivity index (χ4v) is 5.41. The summed E-state index contributed by atoms with van der Waals surface area (Å²) in [7, 11) is -4.11. The topological polar surface area (TPSA) is 78.5 Å². The van der Waals surface area contributed by atoms with Gasteiger partial charge in [-0.2, -0.15) is 13.2 Å². The van der Waals surface area contributed by atoms with Crippen LogP contribution < -0.4 is 10.0 Å². The van der Waals surface area contributed by atoms with Gasteiger partial charge in [-0.05, 0) is 80.9 Å². The monoisotopic (exact) mass is 531 g/mol. The first-order chi connectivity index (χ1) is 17.5. The van der Waals surface area contributed by atoms with Crippen LogP contribution in [0, 0.1) is 12.8 Å². The number of carbonyl (C=O) groups excluding carboxylic acids is 1. The summed E-state index contributed by atoms with van der Waals surface area (Å²) in [5.41, 5.74) is 1.77. The molecule has 0 atom stereocenters. The van der Waals surface area contributed by atoms with Crippen LogP contribution in [-0.2, 0) is 27.5 Å². The highest BCUT2D eigenvalue weighted by atomic mass is 32.2. The van der Waals surface area contributed by atoms with Crippen molar-refractivity contribution in [2.24, 2.45) is 5.92 Å². The van der Waals surface area contributed by atoms with E-state index in [9.17, 15) is 26.4 Å². The molecule has 3 aromatic carbocycles. The summed E-state index contributed by atoms with van der Waals surface area (Å²) in [4.78, 5) is 15.0. The number of aryl methyl sites for hydroxylation is 1. The molecule has 1 amide bonds. The van der Waals surface area contributed by atoms with Gasteiger partial charge in [-0.15, -0.1) is 0 Å². The Bertz CT molecular complexity index is 1350. The number of nitrogens with zero attached hydrogens (tertiary/aromatic N) is 1. The lowest BCUT2D eigenvalue weighted by Crippen LogP contribution is -2.37. The molecule has 1 aliphatic rings. The lowest BCUT2D eigenvalue weighted by Gasteiger charge is -2.31. The number of nitrogens with one attached hydrogen (secondary N) is 2. The maximum atomic E-state index is 12.9. The van der Waals surface area contributed by atoms with E-state index in [1.165, 1.54) is 41.5 Å². The molecule has 4 rings (SSSR count). The molecule has 1 fully saturated rings. The summed E-state index contributed by atoms with van der Waals surface area (Å²) in [5, 5.41) is 2.84. The van der Waals surface area contributed by atoms with Crippen LogP contribution in [0.1, 0.15) is 29.5 Å². The van der Waals surface area contributed by atoms with E-state index in [0.717, 1.165) is 50.7 Å². The molecule has 0 spiro atoms. The van der Waals surface area contributed by atoms with Gasteiger partial charge >= 0.3 is 6.18 Å². The molecule has 0 saturated carbocycles. The summed E-state index contributed by atoms with van der Waals surface area (Å²) in [5.74, 6) is -0.257. The Hall–Kier alpha value is -3.37. The number of hydrogen-bond donors (Lipinski definition) is 2. The Morgan fingerprint density at radius 1 is 0.946 bits per heavy atom. The number of benzene rings is 3. The van der Waals surface area contributed by atoms with Gasteiger partial charge < -0.3 is 5.32 Å². The molecule has 2 N–H and O–H groups in total. The van der Waals surface area contributed by atoms with Crippen LogP contribution in [-0.4, -0.2) is 32.3 Å². The van der Waals surface area contributed by atoms with Gasteiger partial charge in [0.25, 0.3) is 10.0 Å². The molecule has 0 radical (unpaired) electrons. The van der Waals surface area contributed by atoms with Gasteiger partial charge in [-0.3, -0.25) is 14.4 Å². The molecule has 3 aromatic rings. The second-order valence-electron chi connectivity index (χ2n) is 9.24. The molecule has 0 aliphatic carbocycles. The predicted molar refractivity (Wildman–Crippen MR) is 137 cm³/mol. The van der Waals surface area contributed by atoms with Crippen molar-refractivity contribution >= 4 is 27.3 Å². The molecule has 10 heteroatoms. The summed E-state index contributed by atoms with van der Waals surface area (Å²) >= 11 is 0. The van der Waals surface area contributed by atoms with Crippen LogP contribution >= 0.6 is 0 Å². The number of hydrogen-bond acceptors (Lipinski definition) is 4. The van der Waals surface area contributed by atoms with Crippen LogP contribution in [0.3, 0.4) is 0 Å². The fourth-order valence-electron chi connectivity index (χ4n) is 4.36. The Balaban J connectivity index is 1.31. The summed E-state index contributed by atoms with van der Waals surface area (Å²) in [6.45, 7) is 4.53. The largest absolute Gasteiger partial charge is 0.416 e. The highest BCUT2D eigenvalue weighted by molar-refractivity contribution is 7.92. The molecule has 0 bridgehead atoms. The highest BCUT2D eigenvalue weighted by Crippen LogP contribution is 2.31. The molecule has 196 valence electrons. The first-order valence-electron chi connectivity index (χ1n) is 11.9. The Kier molecular flexibility index (Phi) is 7.89. The Labute approximate surface area is 214 Å². The van der Waals surface area contributed by atoms with Crippen LogP contribution in [0.15, 0.2) is 77.7 Å². The molecule has 37 heavy (non-hydrogen) atoms. The summed E-state index contributed by atoms with van der Waals surface area (Å²) in [6, 6.07) is 17.9. The van der Waals surface area contributed by atoms with Gasteiger partial charge in [0.2, 0.25) is 5.91 Å². The van der Waals surface area contributed by atoms with Gasteiger partial charge in [-0.1, -0.05) is 35.9 Å². The van der Waals surface area contributed by atoms with E-state index in [1.54, 1.807) is 0 Å². The maximum absolute atomic E-state index is 12.9. The predicted octanol–water partition coefficient (Wildman–Crippen LogP) is 5.67. The third-order valence-electron chi connectivity index (χ3n) is 6.32. The minimum atomic E-state index is -4.58. The van der Waals surface area contributed by atoms with Crippen molar-refractivity contribution in [3.63, 3.8) is 0 Å². The fraction of sp³-hybridized carbons (Fsp3) is 0.296. The highest BCUT2D eigenvalue weighted by Gasteiger charge is 2.31. The Morgan fingerprint density at radius 3 is 2.27 bits per heavy atom. The van der Waals surface area contributed by atoms with Crippen molar-refractivity contribution in [2.75, 3.05) is 23.1 Å². The SMILES string of the molecule is Cc1cccc(CN2CCC(C(=O)Nc3ccc(S(=O)(=O)Nc4cccc(C(F)(F)F)c4)cc3)CC2)c1. The number of anilines is 2. The second kappa shape index (κ2) is 10.9. The molecule has 1 heterocycles. The van der Waals surface area contributed by atoms with Crippen LogP contribution in [0.2, 0.25) is 0 Å². The minimum Gasteiger partial charge on any atom is -0.326 e. The van der Waals surface area contributed by atoms with Crippen molar-refractivity contribution in [3.05, 3.63) is 89.5 Å². The standard InChI is InChI=1S/C27H28F3N3O3S/c1-19-4-2-5-20(16-19)18-33-14-12-21(13-15-33)26(34)31-23-8-10-25(11-9-23)37(35,36)32-24-7-3-6-22(17-24)27(28,29)30/h2-11,16-17,21,32H,12-15,18H2,1H3,(H,31,34). The number of sulfonamides is 1. The van der Waals surface area contributed by atoms with E-state index >= 15 is 0 Å². The van der Waals surface area contributed by atoms with Crippen LogP contribution in [0.25, 0.3) is 0 Å². The number of amides is 1. The second-order valence-corrected chi connectivity index (χ2v) is 10.9. The third kappa shape index (κ3) is 7.11. The van der Waals surface area contributed by atoms with Crippen molar-refractivity contribution in [3.8, 4) is 0 Å². The van der Waals surface area contributed by atoms with E-state index in [2.05, 4.69) is 40.1 Å². The van der Waals surface area contributed by atoms with Gasteiger partial charge in [0.05, 0.1) is 10.5 Å². The number of halogens is 3. The first-order valence-corrected chi connectivity index (χ1v) is 13.4. The molecular formula is C27H28F3N3O3S. The van der Waals surface area contributed by atoms with Crippen molar-refractivity contribution in [1.82, 2.24) is 4.90 Å². The molecule has 1 saturated heterocycles. The summed E-state index contributed by atoms with van der Waals surface area (Å²) in [6.07, 6.45) is -3.13. The van der Waals surface area contributed by atoms with E-state index in [-0.39, 0.29) is 22.4 Å². The number of alkyl halides is 3. The lowest BCUT2D eigenvalue weighted by molar-refractivity contribution is -0.137. The number of piperidine rings is 1. The van der Waals surface area contributed by atoms with E-state index < -0.39 is 21.8 Å². The number of rotatable bonds is 7. The zero-order valence-corrected chi connectivity index (χ0v) is 21.1. The van der Waals surface area contributed by atoms with Crippen LogP contribution in [0.5, 0.6) is 0 Å². The minimum absolute atomic E-state index is 0.118. The quantitative estimate of drug-likeness (QED) is 0.412. The average molecular weight is 532 g/mol. The zero-order chi connectivity index (χ0) is 26.6. The lowest BCUT2D eigenvalue weighted by atomic mass is 9.95. The van der Waals surface area contributed by atoms with Crippen molar-refractivity contribution < 1.29 is 26.4 Å². The summed E-state index contributed by atoms with van der Waals surface area (Å²) < 4.78 is 66.2. The third-order valence-corrected chi connectivity index (χ3v) is 7.72. The molecule has 6 nitrogen and oxygen atoms in total. The molecule has 0 aromatic heterocycles. The smallest absolute Gasteiger partial charge is 0.326 e. The zero-order valence-electron chi connectivity index (χ0n) is 20.3. The van der Waals surface area contributed by atoms with E-state index in [0.29, 0.717) is 5.69 Å².